The SMILES string of the molecule is C[C@H]1CNc2ccc(C(=O)N3CCCCC3)cc2OC1. The van der Waals surface area contributed by atoms with Crippen LogP contribution in [0.15, 0.2) is 18.2 Å². The highest BCUT2D eigenvalue weighted by Crippen LogP contribution is 2.29. The zero-order chi connectivity index (χ0) is 13.9. The maximum absolute atomic E-state index is 12.5. The lowest BCUT2D eigenvalue weighted by molar-refractivity contribution is 0.0724. The molecule has 108 valence electrons. The molecule has 4 heteroatoms. The lowest BCUT2D eigenvalue weighted by Crippen LogP contribution is -2.35. The third-order valence-electron chi connectivity index (χ3n) is 4.04. The van der Waals surface area contributed by atoms with Gasteiger partial charge in [0.1, 0.15) is 5.75 Å². The summed E-state index contributed by atoms with van der Waals surface area (Å²) in [7, 11) is 0. The molecule has 2 aliphatic heterocycles. The second kappa shape index (κ2) is 5.73. The highest BCUT2D eigenvalue weighted by molar-refractivity contribution is 5.95. The molecule has 0 radical (unpaired) electrons. The average Bonchev–Trinajstić information content (AvgIpc) is 2.69. The van der Waals surface area contributed by atoms with E-state index >= 15 is 0 Å². The molecule has 1 aromatic carbocycles. The summed E-state index contributed by atoms with van der Waals surface area (Å²) in [6, 6.07) is 5.75. The molecule has 0 bridgehead atoms. The Bertz CT molecular complexity index is 495. The number of piperidine rings is 1. The number of carbonyl (C=O) groups is 1. The Labute approximate surface area is 120 Å². The number of nitrogens with zero attached hydrogens (tertiary/aromatic N) is 1. The van der Waals surface area contributed by atoms with Crippen molar-refractivity contribution in [1.29, 1.82) is 0 Å². The molecule has 1 N–H and O–H groups in total. The Morgan fingerprint density at radius 1 is 1.30 bits per heavy atom. The number of fused-ring (bicyclic) bond motifs is 1. The number of benzene rings is 1. The van der Waals surface area contributed by atoms with E-state index in [0.717, 1.165) is 49.5 Å². The van der Waals surface area contributed by atoms with Gasteiger partial charge in [-0.25, -0.2) is 0 Å². The van der Waals surface area contributed by atoms with Gasteiger partial charge in [0.15, 0.2) is 0 Å². The minimum atomic E-state index is 0.133. The van der Waals surface area contributed by atoms with Crippen molar-refractivity contribution in [2.24, 2.45) is 5.92 Å². The van der Waals surface area contributed by atoms with Gasteiger partial charge in [-0.1, -0.05) is 6.92 Å². The third kappa shape index (κ3) is 2.74. The van der Waals surface area contributed by atoms with Gasteiger partial charge in [-0.2, -0.15) is 0 Å². The van der Waals surface area contributed by atoms with Gasteiger partial charge in [0.25, 0.3) is 5.91 Å². The van der Waals surface area contributed by atoms with Crippen LogP contribution in [0.3, 0.4) is 0 Å². The van der Waals surface area contributed by atoms with E-state index in [4.69, 9.17) is 4.74 Å². The predicted molar refractivity (Wildman–Crippen MR) is 79.3 cm³/mol. The van der Waals surface area contributed by atoms with Crippen LogP contribution in [0.25, 0.3) is 0 Å². The summed E-state index contributed by atoms with van der Waals surface area (Å²) in [6.07, 6.45) is 3.47. The van der Waals surface area contributed by atoms with Gasteiger partial charge < -0.3 is 15.0 Å². The summed E-state index contributed by atoms with van der Waals surface area (Å²) in [5.74, 6) is 1.41. The van der Waals surface area contributed by atoms with Crippen molar-refractivity contribution in [1.82, 2.24) is 4.90 Å². The van der Waals surface area contributed by atoms with Crippen LogP contribution in [0, 0.1) is 5.92 Å². The summed E-state index contributed by atoms with van der Waals surface area (Å²) >= 11 is 0. The van der Waals surface area contributed by atoms with Gasteiger partial charge in [0.2, 0.25) is 0 Å². The summed E-state index contributed by atoms with van der Waals surface area (Å²) in [6.45, 7) is 5.52. The Morgan fingerprint density at radius 3 is 2.90 bits per heavy atom. The first-order valence-corrected chi connectivity index (χ1v) is 7.54. The minimum absolute atomic E-state index is 0.133. The zero-order valence-corrected chi connectivity index (χ0v) is 12.0. The maximum Gasteiger partial charge on any atom is 0.253 e. The van der Waals surface area contributed by atoms with Crippen LogP contribution in [-0.4, -0.2) is 37.0 Å². The number of nitrogens with one attached hydrogen (secondary N) is 1. The second-order valence-corrected chi connectivity index (χ2v) is 5.86. The topological polar surface area (TPSA) is 41.6 Å². The average molecular weight is 274 g/mol. The molecule has 1 aromatic rings. The minimum Gasteiger partial charge on any atom is -0.491 e. The lowest BCUT2D eigenvalue weighted by atomic mass is 10.1. The van der Waals surface area contributed by atoms with Crippen molar-refractivity contribution in [2.45, 2.75) is 26.2 Å². The van der Waals surface area contributed by atoms with Gasteiger partial charge in [-0.05, 0) is 37.5 Å². The molecule has 20 heavy (non-hydrogen) atoms. The maximum atomic E-state index is 12.5. The van der Waals surface area contributed by atoms with Crippen molar-refractivity contribution < 1.29 is 9.53 Å². The fourth-order valence-electron chi connectivity index (χ4n) is 2.78. The number of rotatable bonds is 1. The number of amides is 1. The van der Waals surface area contributed by atoms with Crippen molar-refractivity contribution in [3.05, 3.63) is 23.8 Å². The smallest absolute Gasteiger partial charge is 0.253 e. The first kappa shape index (κ1) is 13.3. The van der Waals surface area contributed by atoms with E-state index in [1.807, 2.05) is 23.1 Å². The van der Waals surface area contributed by atoms with Gasteiger partial charge in [0.05, 0.1) is 12.3 Å². The van der Waals surface area contributed by atoms with Crippen LogP contribution in [0.4, 0.5) is 5.69 Å². The fraction of sp³-hybridized carbons (Fsp3) is 0.562. The van der Waals surface area contributed by atoms with E-state index in [2.05, 4.69) is 12.2 Å². The molecule has 1 atom stereocenters. The normalized spacial score (nSPS) is 22.2. The van der Waals surface area contributed by atoms with Gasteiger partial charge in [-0.15, -0.1) is 0 Å². The number of hydrogen-bond acceptors (Lipinski definition) is 3. The predicted octanol–water partition coefficient (Wildman–Crippen LogP) is 2.75. The molecule has 2 heterocycles. The molecule has 1 amide bonds. The number of hydrogen-bond donors (Lipinski definition) is 1. The van der Waals surface area contributed by atoms with Crippen molar-refractivity contribution in [3.63, 3.8) is 0 Å². The number of likely N-dealkylation sites (tertiary alicyclic amines) is 1. The standard InChI is InChI=1S/C16H22N2O2/c1-12-10-17-14-6-5-13(9-15(14)20-11-12)16(19)18-7-3-2-4-8-18/h5-6,9,12,17H,2-4,7-8,10-11H2,1H3/t12-/m0/s1. The molecule has 0 aliphatic carbocycles. The Kier molecular flexibility index (Phi) is 3.81. The van der Waals surface area contributed by atoms with E-state index < -0.39 is 0 Å². The molecule has 0 aromatic heterocycles. The summed E-state index contributed by atoms with van der Waals surface area (Å²) in [4.78, 5) is 14.4. The van der Waals surface area contributed by atoms with Crippen LogP contribution < -0.4 is 10.1 Å². The Hall–Kier alpha value is -1.71. The quantitative estimate of drug-likeness (QED) is 0.856. The highest BCUT2D eigenvalue weighted by atomic mass is 16.5. The molecule has 0 saturated carbocycles. The monoisotopic (exact) mass is 274 g/mol. The van der Waals surface area contributed by atoms with Crippen LogP contribution in [0.1, 0.15) is 36.5 Å². The summed E-state index contributed by atoms with van der Waals surface area (Å²) in [5.41, 5.74) is 1.73. The molecule has 2 aliphatic rings. The molecule has 4 nitrogen and oxygen atoms in total. The molecule has 1 fully saturated rings. The second-order valence-electron chi connectivity index (χ2n) is 5.86. The van der Waals surface area contributed by atoms with E-state index in [1.165, 1.54) is 6.42 Å². The third-order valence-corrected chi connectivity index (χ3v) is 4.04. The molecule has 0 unspecified atom stereocenters. The Balaban J connectivity index is 1.79. The van der Waals surface area contributed by atoms with E-state index in [1.54, 1.807) is 0 Å². The molecule has 0 spiro atoms. The van der Waals surface area contributed by atoms with E-state index in [0.29, 0.717) is 12.5 Å². The fourth-order valence-corrected chi connectivity index (χ4v) is 2.78. The van der Waals surface area contributed by atoms with E-state index in [9.17, 15) is 4.79 Å². The largest absolute Gasteiger partial charge is 0.491 e. The summed E-state index contributed by atoms with van der Waals surface area (Å²) in [5, 5.41) is 3.37. The molecular formula is C16H22N2O2. The summed E-state index contributed by atoms with van der Waals surface area (Å²) < 4.78 is 5.81. The highest BCUT2D eigenvalue weighted by Gasteiger charge is 2.20. The van der Waals surface area contributed by atoms with Crippen LogP contribution in [0.2, 0.25) is 0 Å². The number of ether oxygens (including phenoxy) is 1. The van der Waals surface area contributed by atoms with Crippen molar-refractivity contribution in [3.8, 4) is 5.75 Å². The first-order chi connectivity index (χ1) is 9.74. The Morgan fingerprint density at radius 2 is 2.10 bits per heavy atom. The van der Waals surface area contributed by atoms with Crippen LogP contribution in [-0.2, 0) is 0 Å². The van der Waals surface area contributed by atoms with Gasteiger partial charge in [-0.3, -0.25) is 4.79 Å². The lowest BCUT2D eigenvalue weighted by Gasteiger charge is -2.27. The zero-order valence-electron chi connectivity index (χ0n) is 12.0. The van der Waals surface area contributed by atoms with Crippen molar-refractivity contribution >= 4 is 11.6 Å². The molecule has 1 saturated heterocycles. The van der Waals surface area contributed by atoms with Gasteiger partial charge >= 0.3 is 0 Å². The van der Waals surface area contributed by atoms with Crippen LogP contribution >= 0.6 is 0 Å². The molecule has 3 rings (SSSR count). The van der Waals surface area contributed by atoms with Crippen molar-refractivity contribution in [2.75, 3.05) is 31.6 Å². The molecular weight excluding hydrogens is 252 g/mol. The van der Waals surface area contributed by atoms with Crippen LogP contribution in [0.5, 0.6) is 5.75 Å². The number of carbonyl (C=O) groups excluding carboxylic acids is 1. The number of anilines is 1. The first-order valence-electron chi connectivity index (χ1n) is 7.54. The van der Waals surface area contributed by atoms with E-state index in [-0.39, 0.29) is 5.91 Å². The van der Waals surface area contributed by atoms with Gasteiger partial charge in [0, 0.05) is 31.1 Å².